The van der Waals surface area contributed by atoms with Crippen LogP contribution < -0.4 is 0 Å². The molecule has 0 aliphatic carbocycles. The van der Waals surface area contributed by atoms with E-state index in [1.54, 1.807) is 12.3 Å². The molecule has 0 saturated carbocycles. The lowest BCUT2D eigenvalue weighted by molar-refractivity contribution is 0.170. The minimum atomic E-state index is -0.617. The molecule has 2 heterocycles. The average Bonchev–Trinajstić information content (AvgIpc) is 2.81. The normalized spacial score (nSPS) is 12.6. The number of aliphatic hydroxyl groups is 1. The summed E-state index contributed by atoms with van der Waals surface area (Å²) in [5.41, 5.74) is 2.76. The second-order valence-corrected chi connectivity index (χ2v) is 4.54. The number of aromatic nitrogens is 4. The molecule has 1 unspecified atom stereocenters. The maximum atomic E-state index is 10.3. The number of nitrogens with zero attached hydrogens (tertiary/aromatic N) is 4. The van der Waals surface area contributed by atoms with Crippen molar-refractivity contribution < 1.29 is 5.11 Å². The molecule has 1 N–H and O–H groups in total. The van der Waals surface area contributed by atoms with Gasteiger partial charge in [-0.1, -0.05) is 6.92 Å². The van der Waals surface area contributed by atoms with Gasteiger partial charge in [0.15, 0.2) is 0 Å². The highest BCUT2D eigenvalue weighted by molar-refractivity contribution is 5.15. The molecule has 19 heavy (non-hydrogen) atoms. The third-order valence-electron chi connectivity index (χ3n) is 3.12. The zero-order valence-electron chi connectivity index (χ0n) is 11.7. The van der Waals surface area contributed by atoms with E-state index >= 15 is 0 Å². The van der Waals surface area contributed by atoms with Crippen LogP contribution in [0.3, 0.4) is 0 Å². The van der Waals surface area contributed by atoms with Gasteiger partial charge in [0.1, 0.15) is 11.9 Å². The number of rotatable bonds is 5. The monoisotopic (exact) mass is 260 g/mol. The van der Waals surface area contributed by atoms with Crippen molar-refractivity contribution in [2.45, 2.75) is 46.3 Å². The quantitative estimate of drug-likeness (QED) is 0.891. The summed E-state index contributed by atoms with van der Waals surface area (Å²) in [4.78, 5) is 8.30. The average molecular weight is 260 g/mol. The SMILES string of the molecule is CCc1cc(CC(O)c2ccnc(C)n2)n(CC)n1. The Morgan fingerprint density at radius 2 is 2.16 bits per heavy atom. The van der Waals surface area contributed by atoms with E-state index in [4.69, 9.17) is 0 Å². The van der Waals surface area contributed by atoms with E-state index in [9.17, 15) is 5.11 Å². The standard InChI is InChI=1S/C14H20N4O/c1-4-11-8-12(18(5-2)17-11)9-14(19)13-6-7-15-10(3)16-13/h6-8,14,19H,4-5,9H2,1-3H3. The number of aliphatic hydroxyl groups excluding tert-OH is 1. The molecule has 2 rings (SSSR count). The summed E-state index contributed by atoms with van der Waals surface area (Å²) in [7, 11) is 0. The van der Waals surface area contributed by atoms with E-state index in [2.05, 4.69) is 35.0 Å². The van der Waals surface area contributed by atoms with Crippen molar-refractivity contribution >= 4 is 0 Å². The van der Waals surface area contributed by atoms with Gasteiger partial charge >= 0.3 is 0 Å². The largest absolute Gasteiger partial charge is 0.386 e. The molecular formula is C14H20N4O. The van der Waals surface area contributed by atoms with Gasteiger partial charge in [-0.3, -0.25) is 4.68 Å². The molecule has 0 bridgehead atoms. The second-order valence-electron chi connectivity index (χ2n) is 4.54. The zero-order valence-corrected chi connectivity index (χ0v) is 11.7. The van der Waals surface area contributed by atoms with Gasteiger partial charge < -0.3 is 5.11 Å². The summed E-state index contributed by atoms with van der Waals surface area (Å²) in [5, 5.41) is 14.8. The van der Waals surface area contributed by atoms with Crippen molar-refractivity contribution in [1.82, 2.24) is 19.7 Å². The molecule has 0 fully saturated rings. The zero-order chi connectivity index (χ0) is 13.8. The first kappa shape index (κ1) is 13.7. The Labute approximate surface area is 113 Å². The predicted octanol–water partition coefficient (Wildman–Crippen LogP) is 1.84. The molecule has 0 aliphatic rings. The molecule has 0 aromatic carbocycles. The highest BCUT2D eigenvalue weighted by atomic mass is 16.3. The van der Waals surface area contributed by atoms with Gasteiger partial charge in [-0.15, -0.1) is 0 Å². The molecule has 0 spiro atoms. The van der Waals surface area contributed by atoms with Gasteiger partial charge in [0.05, 0.1) is 11.4 Å². The van der Waals surface area contributed by atoms with E-state index in [0.717, 1.165) is 24.4 Å². The van der Waals surface area contributed by atoms with Crippen LogP contribution in [0.2, 0.25) is 0 Å². The third-order valence-corrected chi connectivity index (χ3v) is 3.12. The molecule has 0 amide bonds. The van der Waals surface area contributed by atoms with Crippen LogP contribution in [0.1, 0.15) is 42.9 Å². The van der Waals surface area contributed by atoms with Crippen molar-refractivity contribution in [1.29, 1.82) is 0 Å². The van der Waals surface area contributed by atoms with Crippen LogP contribution in [-0.4, -0.2) is 24.9 Å². The van der Waals surface area contributed by atoms with Crippen LogP contribution in [0.15, 0.2) is 18.3 Å². The van der Waals surface area contributed by atoms with Gasteiger partial charge in [-0.05, 0) is 32.4 Å². The molecule has 5 nitrogen and oxygen atoms in total. The van der Waals surface area contributed by atoms with E-state index in [1.165, 1.54) is 0 Å². The van der Waals surface area contributed by atoms with E-state index in [1.807, 2.05) is 11.6 Å². The highest BCUT2D eigenvalue weighted by Gasteiger charge is 2.14. The predicted molar refractivity (Wildman–Crippen MR) is 72.7 cm³/mol. The first-order chi connectivity index (χ1) is 9.13. The fraction of sp³-hybridized carbons (Fsp3) is 0.500. The van der Waals surface area contributed by atoms with Crippen LogP contribution >= 0.6 is 0 Å². The molecule has 2 aromatic heterocycles. The second kappa shape index (κ2) is 5.93. The summed E-state index contributed by atoms with van der Waals surface area (Å²) in [5.74, 6) is 0.676. The van der Waals surface area contributed by atoms with Crippen LogP contribution in [0, 0.1) is 6.92 Å². The van der Waals surface area contributed by atoms with Gasteiger partial charge in [-0.25, -0.2) is 9.97 Å². The maximum absolute atomic E-state index is 10.3. The lowest BCUT2D eigenvalue weighted by Gasteiger charge is -2.11. The van der Waals surface area contributed by atoms with Crippen LogP contribution in [0.4, 0.5) is 0 Å². The Bertz CT molecular complexity index is 550. The maximum Gasteiger partial charge on any atom is 0.125 e. The Morgan fingerprint density at radius 1 is 1.37 bits per heavy atom. The number of hydrogen-bond acceptors (Lipinski definition) is 4. The van der Waals surface area contributed by atoms with Gasteiger partial charge in [0.25, 0.3) is 0 Å². The molecule has 1 atom stereocenters. The molecule has 2 aromatic rings. The molecule has 0 aliphatic heterocycles. The highest BCUT2D eigenvalue weighted by Crippen LogP contribution is 2.17. The van der Waals surface area contributed by atoms with Gasteiger partial charge in [-0.2, -0.15) is 5.10 Å². The molecular weight excluding hydrogens is 240 g/mol. The minimum absolute atomic E-state index is 0.525. The fourth-order valence-electron chi connectivity index (χ4n) is 2.09. The van der Waals surface area contributed by atoms with Crippen molar-refractivity contribution in [3.8, 4) is 0 Å². The Balaban J connectivity index is 2.18. The van der Waals surface area contributed by atoms with Crippen LogP contribution in [0.25, 0.3) is 0 Å². The van der Waals surface area contributed by atoms with E-state index in [0.29, 0.717) is 17.9 Å². The lowest BCUT2D eigenvalue weighted by Crippen LogP contribution is -2.10. The van der Waals surface area contributed by atoms with Gasteiger partial charge in [0.2, 0.25) is 0 Å². The van der Waals surface area contributed by atoms with Crippen LogP contribution in [-0.2, 0) is 19.4 Å². The lowest BCUT2D eigenvalue weighted by atomic mass is 10.1. The first-order valence-electron chi connectivity index (χ1n) is 6.67. The smallest absolute Gasteiger partial charge is 0.125 e. The Hall–Kier alpha value is -1.75. The first-order valence-corrected chi connectivity index (χ1v) is 6.67. The summed E-state index contributed by atoms with van der Waals surface area (Å²) >= 11 is 0. The summed E-state index contributed by atoms with van der Waals surface area (Å²) < 4.78 is 1.94. The third kappa shape index (κ3) is 3.17. The number of hydrogen-bond donors (Lipinski definition) is 1. The molecule has 5 heteroatoms. The van der Waals surface area contributed by atoms with Crippen molar-refractivity contribution in [3.63, 3.8) is 0 Å². The summed E-state index contributed by atoms with van der Waals surface area (Å²) in [6.07, 6.45) is 2.49. The summed E-state index contributed by atoms with van der Waals surface area (Å²) in [6.45, 7) is 6.76. The Kier molecular flexibility index (Phi) is 4.27. The molecule has 102 valence electrons. The summed E-state index contributed by atoms with van der Waals surface area (Å²) in [6, 6.07) is 3.81. The molecule has 0 saturated heterocycles. The number of aryl methyl sites for hydroxylation is 3. The fourth-order valence-corrected chi connectivity index (χ4v) is 2.09. The van der Waals surface area contributed by atoms with Crippen molar-refractivity contribution in [2.75, 3.05) is 0 Å². The molecule has 0 radical (unpaired) electrons. The topological polar surface area (TPSA) is 63.8 Å². The van der Waals surface area contributed by atoms with E-state index in [-0.39, 0.29) is 0 Å². The van der Waals surface area contributed by atoms with Crippen molar-refractivity contribution in [2.24, 2.45) is 0 Å². The van der Waals surface area contributed by atoms with Gasteiger partial charge in [0, 0.05) is 24.9 Å². The van der Waals surface area contributed by atoms with Crippen LogP contribution in [0.5, 0.6) is 0 Å². The van der Waals surface area contributed by atoms with E-state index < -0.39 is 6.10 Å². The van der Waals surface area contributed by atoms with Crippen molar-refractivity contribution in [3.05, 3.63) is 41.2 Å². The minimum Gasteiger partial charge on any atom is -0.386 e. The Morgan fingerprint density at radius 3 is 2.79 bits per heavy atom.